The number of nitrogens with zero attached hydrogens (tertiary/aromatic N) is 1. The van der Waals surface area contributed by atoms with E-state index in [1.54, 1.807) is 5.57 Å². The minimum absolute atomic E-state index is 0.620. The molecule has 0 radical (unpaired) electrons. The highest BCUT2D eigenvalue weighted by atomic mass is 16.3. The standard InChI is InChI=1S/C56H45NO/c1-3-16-39(17-4-1)46-34-32-42(45-27-13-21-38-20-7-8-24-44(38)45)36-53(46)57(43-33-35-50-49-26-10-12-31-54(49)58-55(50)37-43)52-30-11-9-25-48(52)51-29-15-23-41-22-14-28-47(56(41)51)40-18-5-2-6-19-40/h1,3-4,7-13,15-17,20-21,23-37,40H,2,5-6,14,18-19,22H2. The number of allylic oxidation sites excluding steroid dienone is 2. The Labute approximate surface area is 340 Å². The van der Waals surface area contributed by atoms with Crippen LogP contribution in [-0.2, 0) is 6.42 Å². The van der Waals surface area contributed by atoms with Crippen molar-refractivity contribution < 1.29 is 4.42 Å². The molecule has 0 bridgehead atoms. The number of hydrogen-bond donors (Lipinski definition) is 0. The summed E-state index contributed by atoms with van der Waals surface area (Å²) < 4.78 is 6.61. The first kappa shape index (κ1) is 34.6. The largest absolute Gasteiger partial charge is 0.456 e. The van der Waals surface area contributed by atoms with E-state index in [2.05, 4.69) is 187 Å². The summed E-state index contributed by atoms with van der Waals surface area (Å²) in [5, 5.41) is 4.75. The van der Waals surface area contributed by atoms with Crippen molar-refractivity contribution in [3.05, 3.63) is 193 Å². The first-order valence-electron chi connectivity index (χ1n) is 21.1. The van der Waals surface area contributed by atoms with Crippen LogP contribution >= 0.6 is 0 Å². The van der Waals surface area contributed by atoms with Gasteiger partial charge in [0.1, 0.15) is 11.2 Å². The second-order valence-corrected chi connectivity index (χ2v) is 16.1. The molecule has 1 saturated carbocycles. The van der Waals surface area contributed by atoms with E-state index < -0.39 is 0 Å². The van der Waals surface area contributed by atoms with E-state index in [1.165, 1.54) is 87.4 Å². The van der Waals surface area contributed by atoms with Crippen LogP contribution in [0.25, 0.3) is 71.7 Å². The monoisotopic (exact) mass is 747 g/mol. The first-order chi connectivity index (χ1) is 28.8. The fourth-order valence-corrected chi connectivity index (χ4v) is 10.0. The molecule has 1 fully saturated rings. The predicted octanol–water partition coefficient (Wildman–Crippen LogP) is 16.1. The normalized spacial score (nSPS) is 14.4. The maximum atomic E-state index is 6.61. The molecule has 2 aliphatic rings. The number of benzene rings is 8. The van der Waals surface area contributed by atoms with Gasteiger partial charge >= 0.3 is 0 Å². The number of hydrogen-bond acceptors (Lipinski definition) is 2. The van der Waals surface area contributed by atoms with Crippen LogP contribution in [0.1, 0.15) is 49.7 Å². The lowest BCUT2D eigenvalue weighted by atomic mass is 9.74. The van der Waals surface area contributed by atoms with Gasteiger partial charge in [-0.1, -0.05) is 165 Å². The van der Waals surface area contributed by atoms with Gasteiger partial charge in [-0.3, -0.25) is 0 Å². The zero-order valence-corrected chi connectivity index (χ0v) is 32.7. The molecule has 0 N–H and O–H groups in total. The Balaban J connectivity index is 1.19. The molecule has 11 rings (SSSR count). The first-order valence-corrected chi connectivity index (χ1v) is 21.1. The predicted molar refractivity (Wildman–Crippen MR) is 245 cm³/mol. The van der Waals surface area contributed by atoms with E-state index in [-0.39, 0.29) is 0 Å². The minimum atomic E-state index is 0.620. The SMILES string of the molecule is C1=C(C2CCCCC2)c2c(cccc2-c2ccccc2N(c2ccc3c(c2)oc2ccccc23)c2cc(-c3cccc4ccccc34)ccc2-c2ccccc2)CC1. The van der Waals surface area contributed by atoms with E-state index in [0.29, 0.717) is 5.92 Å². The van der Waals surface area contributed by atoms with Crippen molar-refractivity contribution in [3.8, 4) is 33.4 Å². The fourth-order valence-electron chi connectivity index (χ4n) is 10.0. The van der Waals surface area contributed by atoms with Gasteiger partial charge in [0.05, 0.1) is 11.4 Å². The topological polar surface area (TPSA) is 16.4 Å². The van der Waals surface area contributed by atoms with Gasteiger partial charge in [0, 0.05) is 33.7 Å². The Morgan fingerprint density at radius 3 is 2.10 bits per heavy atom. The van der Waals surface area contributed by atoms with Crippen LogP contribution < -0.4 is 4.90 Å². The van der Waals surface area contributed by atoms with Crippen LogP contribution in [0.4, 0.5) is 17.1 Å². The van der Waals surface area contributed by atoms with Crippen molar-refractivity contribution in [2.24, 2.45) is 5.92 Å². The Morgan fingerprint density at radius 2 is 1.19 bits per heavy atom. The average molecular weight is 748 g/mol. The summed E-state index contributed by atoms with van der Waals surface area (Å²) in [6.45, 7) is 0. The van der Waals surface area contributed by atoms with Gasteiger partial charge in [0.15, 0.2) is 0 Å². The fraction of sp³-hybridized carbons (Fsp3) is 0.143. The number of furan rings is 1. The molecule has 0 unspecified atom stereocenters. The average Bonchev–Trinajstić information content (AvgIpc) is 3.67. The van der Waals surface area contributed by atoms with Gasteiger partial charge in [0.2, 0.25) is 0 Å². The molecule has 0 aliphatic heterocycles. The minimum Gasteiger partial charge on any atom is -0.456 e. The van der Waals surface area contributed by atoms with E-state index in [4.69, 9.17) is 4.42 Å². The van der Waals surface area contributed by atoms with Gasteiger partial charge in [-0.25, -0.2) is 0 Å². The number of rotatable bonds is 7. The van der Waals surface area contributed by atoms with E-state index in [0.717, 1.165) is 51.8 Å². The Hall–Kier alpha value is -6.64. The van der Waals surface area contributed by atoms with E-state index in [9.17, 15) is 0 Å². The lowest BCUT2D eigenvalue weighted by Crippen LogP contribution is -2.15. The molecule has 0 atom stereocenters. The summed E-state index contributed by atoms with van der Waals surface area (Å²) in [6.07, 6.45) is 11.4. The molecule has 2 aliphatic carbocycles. The maximum absolute atomic E-state index is 6.61. The molecular formula is C56H45NO. The zero-order valence-electron chi connectivity index (χ0n) is 32.7. The Bertz CT molecular complexity index is 2990. The van der Waals surface area contributed by atoms with Crippen molar-refractivity contribution in [1.29, 1.82) is 0 Å². The van der Waals surface area contributed by atoms with Crippen LogP contribution in [0.15, 0.2) is 186 Å². The molecule has 0 spiro atoms. The summed E-state index contributed by atoms with van der Waals surface area (Å²) in [5.41, 5.74) is 16.9. The maximum Gasteiger partial charge on any atom is 0.137 e. The van der Waals surface area contributed by atoms with Gasteiger partial charge in [-0.2, -0.15) is 0 Å². The smallest absolute Gasteiger partial charge is 0.137 e. The van der Waals surface area contributed by atoms with Crippen LogP contribution in [0.2, 0.25) is 0 Å². The molecule has 0 amide bonds. The number of aryl methyl sites for hydroxylation is 1. The molecule has 58 heavy (non-hydrogen) atoms. The summed E-state index contributed by atoms with van der Waals surface area (Å²) in [4.78, 5) is 2.51. The number of para-hydroxylation sites is 2. The highest BCUT2D eigenvalue weighted by Crippen LogP contribution is 2.50. The molecule has 0 saturated heterocycles. The molecule has 2 heteroatoms. The molecule has 9 aromatic rings. The second-order valence-electron chi connectivity index (χ2n) is 16.1. The summed E-state index contributed by atoms with van der Waals surface area (Å²) in [5.74, 6) is 0.620. The van der Waals surface area contributed by atoms with Crippen LogP contribution in [0, 0.1) is 5.92 Å². The van der Waals surface area contributed by atoms with Gasteiger partial charge in [0.25, 0.3) is 0 Å². The van der Waals surface area contributed by atoms with Crippen molar-refractivity contribution in [2.75, 3.05) is 4.90 Å². The lowest BCUT2D eigenvalue weighted by molar-refractivity contribution is 0.428. The van der Waals surface area contributed by atoms with Crippen molar-refractivity contribution in [2.45, 2.75) is 44.9 Å². The molecule has 8 aromatic carbocycles. The summed E-state index contributed by atoms with van der Waals surface area (Å²) in [7, 11) is 0. The molecule has 2 nitrogen and oxygen atoms in total. The number of fused-ring (bicyclic) bond motifs is 5. The van der Waals surface area contributed by atoms with Crippen molar-refractivity contribution in [1.82, 2.24) is 0 Å². The van der Waals surface area contributed by atoms with E-state index in [1.807, 2.05) is 0 Å². The third-order valence-electron chi connectivity index (χ3n) is 12.7. The van der Waals surface area contributed by atoms with Crippen molar-refractivity contribution in [3.63, 3.8) is 0 Å². The van der Waals surface area contributed by atoms with Gasteiger partial charge in [-0.15, -0.1) is 0 Å². The van der Waals surface area contributed by atoms with Gasteiger partial charge < -0.3 is 9.32 Å². The van der Waals surface area contributed by atoms with E-state index >= 15 is 0 Å². The molecule has 1 heterocycles. The Morgan fingerprint density at radius 1 is 0.466 bits per heavy atom. The summed E-state index contributed by atoms with van der Waals surface area (Å²) >= 11 is 0. The number of anilines is 3. The second kappa shape index (κ2) is 14.7. The Kier molecular flexibility index (Phi) is 8.77. The van der Waals surface area contributed by atoms with Crippen LogP contribution in [0.3, 0.4) is 0 Å². The van der Waals surface area contributed by atoms with Crippen molar-refractivity contribution >= 4 is 55.3 Å². The third kappa shape index (κ3) is 6.03. The highest BCUT2D eigenvalue weighted by Gasteiger charge is 2.28. The molecule has 280 valence electrons. The van der Waals surface area contributed by atoms with Crippen LogP contribution in [0.5, 0.6) is 0 Å². The van der Waals surface area contributed by atoms with Gasteiger partial charge in [-0.05, 0) is 112 Å². The van der Waals surface area contributed by atoms with Crippen LogP contribution in [-0.4, -0.2) is 0 Å². The molecule has 1 aromatic heterocycles. The highest BCUT2D eigenvalue weighted by molar-refractivity contribution is 6.07. The molecular weight excluding hydrogens is 703 g/mol. The third-order valence-corrected chi connectivity index (χ3v) is 12.7. The zero-order chi connectivity index (χ0) is 38.4. The summed E-state index contributed by atoms with van der Waals surface area (Å²) in [6, 6.07) is 64.6. The quantitative estimate of drug-likeness (QED) is 0.161. The lowest BCUT2D eigenvalue weighted by Gasteiger charge is -2.33.